The van der Waals surface area contributed by atoms with E-state index in [0.29, 0.717) is 10.9 Å². The average Bonchev–Trinajstić information content (AvgIpc) is 2.88. The molecule has 0 spiro atoms. The van der Waals surface area contributed by atoms with Crippen LogP contribution in [0.25, 0.3) is 0 Å². The van der Waals surface area contributed by atoms with Crippen LogP contribution in [0.15, 0.2) is 11.4 Å². The molecule has 0 atom stereocenters. The van der Waals surface area contributed by atoms with Crippen LogP contribution in [0.3, 0.4) is 0 Å². The second-order valence-corrected chi connectivity index (χ2v) is 5.25. The SMILES string of the molecule is NNc1ncnc(SCC2CCCC2)c1[N+](=O)[O-]. The highest BCUT2D eigenvalue weighted by atomic mass is 32.2. The molecule has 0 radical (unpaired) electrons. The molecule has 1 fully saturated rings. The predicted molar refractivity (Wildman–Crippen MR) is 69.2 cm³/mol. The number of hydrazine groups is 1. The Kier molecular flexibility index (Phi) is 4.32. The van der Waals surface area contributed by atoms with Gasteiger partial charge in [-0.2, -0.15) is 0 Å². The number of nitrogens with zero attached hydrogens (tertiary/aromatic N) is 3. The molecule has 8 heteroatoms. The molecule has 0 aliphatic heterocycles. The van der Waals surface area contributed by atoms with E-state index in [9.17, 15) is 10.1 Å². The lowest BCUT2D eigenvalue weighted by Crippen LogP contribution is -2.12. The average molecular weight is 269 g/mol. The van der Waals surface area contributed by atoms with Crippen molar-refractivity contribution in [2.75, 3.05) is 11.2 Å². The molecule has 0 bridgehead atoms. The third kappa shape index (κ3) is 2.88. The number of aromatic nitrogens is 2. The van der Waals surface area contributed by atoms with Crippen molar-refractivity contribution < 1.29 is 4.92 Å². The van der Waals surface area contributed by atoms with E-state index >= 15 is 0 Å². The van der Waals surface area contributed by atoms with Gasteiger partial charge in [-0.25, -0.2) is 15.8 Å². The topological polar surface area (TPSA) is 107 Å². The van der Waals surface area contributed by atoms with Crippen molar-refractivity contribution in [1.29, 1.82) is 0 Å². The van der Waals surface area contributed by atoms with Gasteiger partial charge in [-0.3, -0.25) is 10.1 Å². The van der Waals surface area contributed by atoms with Gasteiger partial charge in [0.15, 0.2) is 5.03 Å². The Bertz CT molecular complexity index is 436. The van der Waals surface area contributed by atoms with E-state index < -0.39 is 4.92 Å². The zero-order valence-corrected chi connectivity index (χ0v) is 10.7. The molecular formula is C10H15N5O2S. The van der Waals surface area contributed by atoms with Gasteiger partial charge >= 0.3 is 5.69 Å². The van der Waals surface area contributed by atoms with Crippen LogP contribution in [0.4, 0.5) is 11.5 Å². The van der Waals surface area contributed by atoms with Crippen LogP contribution in [0.1, 0.15) is 25.7 Å². The summed E-state index contributed by atoms with van der Waals surface area (Å²) in [6.45, 7) is 0. The predicted octanol–water partition coefficient (Wildman–Crippen LogP) is 1.95. The number of hydrogen-bond acceptors (Lipinski definition) is 7. The molecule has 1 aromatic rings. The number of nitrogen functional groups attached to an aromatic ring is 1. The molecule has 3 N–H and O–H groups in total. The van der Waals surface area contributed by atoms with Gasteiger partial charge in [-0.05, 0) is 18.8 Å². The van der Waals surface area contributed by atoms with E-state index in [-0.39, 0.29) is 11.5 Å². The summed E-state index contributed by atoms with van der Waals surface area (Å²) in [5.41, 5.74) is 2.10. The molecule has 18 heavy (non-hydrogen) atoms. The molecule has 98 valence electrons. The first-order chi connectivity index (χ1) is 8.72. The van der Waals surface area contributed by atoms with Gasteiger partial charge in [0.25, 0.3) is 0 Å². The summed E-state index contributed by atoms with van der Waals surface area (Å²) in [6, 6.07) is 0. The lowest BCUT2D eigenvalue weighted by molar-refractivity contribution is -0.387. The molecule has 1 heterocycles. The smallest absolute Gasteiger partial charge is 0.303 e. The molecule has 1 aliphatic carbocycles. The molecule has 1 aromatic heterocycles. The van der Waals surface area contributed by atoms with E-state index in [4.69, 9.17) is 5.84 Å². The second-order valence-electron chi connectivity index (χ2n) is 4.24. The summed E-state index contributed by atoms with van der Waals surface area (Å²) < 4.78 is 0. The van der Waals surface area contributed by atoms with Gasteiger partial charge in [0.05, 0.1) is 4.92 Å². The quantitative estimate of drug-likeness (QED) is 0.276. The monoisotopic (exact) mass is 269 g/mol. The highest BCUT2D eigenvalue weighted by Gasteiger charge is 2.24. The Morgan fingerprint density at radius 1 is 1.50 bits per heavy atom. The number of hydrogen-bond donors (Lipinski definition) is 2. The molecule has 2 rings (SSSR count). The fourth-order valence-corrected chi connectivity index (χ4v) is 3.27. The molecule has 0 saturated heterocycles. The first-order valence-electron chi connectivity index (χ1n) is 5.81. The molecule has 1 saturated carbocycles. The summed E-state index contributed by atoms with van der Waals surface area (Å²) >= 11 is 1.41. The first-order valence-corrected chi connectivity index (χ1v) is 6.79. The minimum Gasteiger partial charge on any atom is -0.303 e. The van der Waals surface area contributed by atoms with Crippen molar-refractivity contribution in [1.82, 2.24) is 9.97 Å². The van der Waals surface area contributed by atoms with Crippen molar-refractivity contribution in [3.05, 3.63) is 16.4 Å². The van der Waals surface area contributed by atoms with Crippen LogP contribution < -0.4 is 11.3 Å². The summed E-state index contributed by atoms with van der Waals surface area (Å²) in [4.78, 5) is 18.3. The van der Waals surface area contributed by atoms with E-state index in [1.807, 2.05) is 0 Å². The van der Waals surface area contributed by atoms with Crippen molar-refractivity contribution >= 4 is 23.3 Å². The number of anilines is 1. The van der Waals surface area contributed by atoms with E-state index in [1.54, 1.807) is 0 Å². The van der Waals surface area contributed by atoms with Gasteiger partial charge in [0, 0.05) is 5.75 Å². The first kappa shape index (κ1) is 13.0. The summed E-state index contributed by atoms with van der Waals surface area (Å²) in [6.07, 6.45) is 6.21. The number of thioether (sulfide) groups is 1. The van der Waals surface area contributed by atoms with Crippen LogP contribution in [-0.2, 0) is 0 Å². The fraction of sp³-hybridized carbons (Fsp3) is 0.600. The molecule has 0 unspecified atom stereocenters. The van der Waals surface area contributed by atoms with Crippen molar-refractivity contribution in [3.8, 4) is 0 Å². The molecule has 0 aromatic carbocycles. The Morgan fingerprint density at radius 2 is 2.22 bits per heavy atom. The molecule has 7 nitrogen and oxygen atoms in total. The maximum absolute atomic E-state index is 11.0. The van der Waals surface area contributed by atoms with Gasteiger partial charge in [-0.15, -0.1) is 0 Å². The van der Waals surface area contributed by atoms with E-state index in [1.165, 1.54) is 43.8 Å². The van der Waals surface area contributed by atoms with E-state index in [0.717, 1.165) is 5.75 Å². The van der Waals surface area contributed by atoms with Gasteiger partial charge in [0.2, 0.25) is 5.82 Å². The van der Waals surface area contributed by atoms with Crippen LogP contribution in [0.5, 0.6) is 0 Å². The van der Waals surface area contributed by atoms with E-state index in [2.05, 4.69) is 15.4 Å². The Hall–Kier alpha value is -1.41. The second kappa shape index (κ2) is 5.96. The number of nitrogens with two attached hydrogens (primary N) is 1. The van der Waals surface area contributed by atoms with Gasteiger partial charge in [-0.1, -0.05) is 24.6 Å². The fourth-order valence-electron chi connectivity index (χ4n) is 2.11. The Labute approximate surface area is 109 Å². The summed E-state index contributed by atoms with van der Waals surface area (Å²) in [5, 5.41) is 11.4. The van der Waals surface area contributed by atoms with Crippen LogP contribution in [-0.4, -0.2) is 20.6 Å². The highest BCUT2D eigenvalue weighted by molar-refractivity contribution is 7.99. The Morgan fingerprint density at radius 3 is 2.83 bits per heavy atom. The lowest BCUT2D eigenvalue weighted by atomic mass is 10.1. The van der Waals surface area contributed by atoms with Crippen LogP contribution >= 0.6 is 11.8 Å². The zero-order valence-electron chi connectivity index (χ0n) is 9.83. The molecular weight excluding hydrogens is 254 g/mol. The third-order valence-electron chi connectivity index (χ3n) is 3.04. The van der Waals surface area contributed by atoms with Crippen molar-refractivity contribution in [2.45, 2.75) is 30.7 Å². The van der Waals surface area contributed by atoms with Gasteiger partial charge < -0.3 is 5.43 Å². The molecule has 1 aliphatic rings. The maximum Gasteiger partial charge on any atom is 0.344 e. The van der Waals surface area contributed by atoms with Crippen LogP contribution in [0, 0.1) is 16.0 Å². The van der Waals surface area contributed by atoms with Crippen molar-refractivity contribution in [3.63, 3.8) is 0 Å². The summed E-state index contributed by atoms with van der Waals surface area (Å²) in [5.74, 6) is 6.78. The third-order valence-corrected chi connectivity index (χ3v) is 4.25. The number of rotatable bonds is 5. The number of nitro groups is 1. The maximum atomic E-state index is 11.0. The normalized spacial score (nSPS) is 15.8. The van der Waals surface area contributed by atoms with Crippen molar-refractivity contribution in [2.24, 2.45) is 11.8 Å². The number of nitrogens with one attached hydrogen (secondary N) is 1. The minimum atomic E-state index is -0.494. The highest BCUT2D eigenvalue weighted by Crippen LogP contribution is 2.35. The standard InChI is InChI=1S/C10H15N5O2S/c11-14-9-8(15(16)17)10(13-6-12-9)18-5-7-3-1-2-4-7/h6-7H,1-5,11H2,(H,12,13,14). The zero-order chi connectivity index (χ0) is 13.0. The Balaban J connectivity index is 2.13. The minimum absolute atomic E-state index is 0.0592. The molecule has 0 amide bonds. The van der Waals surface area contributed by atoms with Crippen LogP contribution in [0.2, 0.25) is 0 Å². The lowest BCUT2D eigenvalue weighted by Gasteiger charge is -2.08. The van der Waals surface area contributed by atoms with Gasteiger partial charge in [0.1, 0.15) is 6.33 Å². The largest absolute Gasteiger partial charge is 0.344 e. The summed E-state index contributed by atoms with van der Waals surface area (Å²) in [7, 11) is 0.